The standard InChI is InChI=1S/C18H25ClF2Si/c1-13(2)22(14(3)4,15(5)6)12-11-18(20,21)16-7-9-17(19)10-8-16/h7-10,13-15H,1-6H3. The minimum absolute atomic E-state index is 0.0939. The normalized spacial score (nSPS) is 12.7. The molecule has 0 saturated carbocycles. The molecule has 0 atom stereocenters. The maximum absolute atomic E-state index is 14.4. The van der Waals surface area contributed by atoms with Crippen LogP contribution in [-0.4, -0.2) is 8.07 Å². The van der Waals surface area contributed by atoms with E-state index in [9.17, 15) is 8.78 Å². The van der Waals surface area contributed by atoms with Gasteiger partial charge >= 0.3 is 5.92 Å². The molecule has 0 aliphatic carbocycles. The van der Waals surface area contributed by atoms with Gasteiger partial charge in [-0.25, -0.2) is 0 Å². The fourth-order valence-electron chi connectivity index (χ4n) is 3.35. The van der Waals surface area contributed by atoms with Crippen LogP contribution in [0.3, 0.4) is 0 Å². The molecule has 0 N–H and O–H groups in total. The summed E-state index contributed by atoms with van der Waals surface area (Å²) >= 11 is 5.76. The lowest BCUT2D eigenvalue weighted by atomic mass is 10.1. The van der Waals surface area contributed by atoms with Crippen LogP contribution in [0, 0.1) is 11.5 Å². The molecule has 0 fully saturated rings. The Morgan fingerprint density at radius 2 is 1.32 bits per heavy atom. The van der Waals surface area contributed by atoms with Crippen LogP contribution in [0.5, 0.6) is 0 Å². The highest BCUT2D eigenvalue weighted by Gasteiger charge is 2.42. The van der Waals surface area contributed by atoms with Gasteiger partial charge < -0.3 is 0 Å². The van der Waals surface area contributed by atoms with Gasteiger partial charge in [-0.3, -0.25) is 0 Å². The van der Waals surface area contributed by atoms with E-state index in [1.807, 2.05) is 0 Å². The zero-order valence-corrected chi connectivity index (χ0v) is 15.9. The fraction of sp³-hybridized carbons (Fsp3) is 0.556. The second-order valence-corrected chi connectivity index (χ2v) is 12.7. The van der Waals surface area contributed by atoms with Crippen molar-refractivity contribution in [3.05, 3.63) is 34.9 Å². The molecule has 0 amide bonds. The van der Waals surface area contributed by atoms with E-state index < -0.39 is 14.0 Å². The van der Waals surface area contributed by atoms with Crippen molar-refractivity contribution < 1.29 is 8.78 Å². The molecule has 0 unspecified atom stereocenters. The average molecular weight is 343 g/mol. The van der Waals surface area contributed by atoms with Gasteiger partial charge in [0.1, 0.15) is 8.07 Å². The molecule has 0 nitrogen and oxygen atoms in total. The highest BCUT2D eigenvalue weighted by Crippen LogP contribution is 2.41. The first-order valence-corrected chi connectivity index (χ1v) is 10.3. The smallest absolute Gasteiger partial charge is 0.186 e. The van der Waals surface area contributed by atoms with Crippen LogP contribution in [0.4, 0.5) is 8.78 Å². The van der Waals surface area contributed by atoms with Crippen molar-refractivity contribution in [1.29, 1.82) is 0 Å². The van der Waals surface area contributed by atoms with Gasteiger partial charge in [0, 0.05) is 10.6 Å². The Bertz CT molecular complexity index is 529. The Morgan fingerprint density at radius 3 is 1.68 bits per heavy atom. The van der Waals surface area contributed by atoms with Gasteiger partial charge in [-0.1, -0.05) is 65.3 Å². The van der Waals surface area contributed by atoms with Crippen molar-refractivity contribution in [2.24, 2.45) is 0 Å². The number of benzene rings is 1. The Balaban J connectivity index is 3.29. The van der Waals surface area contributed by atoms with Gasteiger partial charge in [0.05, 0.1) is 0 Å². The maximum Gasteiger partial charge on any atom is 0.333 e. The summed E-state index contributed by atoms with van der Waals surface area (Å²) in [6.07, 6.45) is 0. The summed E-state index contributed by atoms with van der Waals surface area (Å²) < 4.78 is 28.8. The zero-order valence-electron chi connectivity index (χ0n) is 14.2. The molecule has 0 heterocycles. The lowest BCUT2D eigenvalue weighted by Crippen LogP contribution is -2.43. The Labute approximate surface area is 139 Å². The first kappa shape index (κ1) is 19.2. The maximum atomic E-state index is 14.4. The zero-order chi connectivity index (χ0) is 17.1. The molecule has 0 bridgehead atoms. The second-order valence-electron chi connectivity index (χ2n) is 6.73. The summed E-state index contributed by atoms with van der Waals surface area (Å²) in [6, 6.07) is 5.65. The van der Waals surface area contributed by atoms with Gasteiger partial charge in [-0.15, -0.1) is 5.54 Å². The van der Waals surface area contributed by atoms with Gasteiger partial charge in [-0.2, -0.15) is 8.78 Å². The van der Waals surface area contributed by atoms with Gasteiger partial charge in [0.2, 0.25) is 0 Å². The molecular formula is C18H25ClF2Si. The third-order valence-electron chi connectivity index (χ3n) is 4.51. The summed E-state index contributed by atoms with van der Waals surface area (Å²) in [5.74, 6) is -0.822. The quantitative estimate of drug-likeness (QED) is 0.424. The van der Waals surface area contributed by atoms with Crippen LogP contribution in [0.2, 0.25) is 21.6 Å². The molecule has 0 spiro atoms. The fourth-order valence-corrected chi connectivity index (χ4v) is 8.72. The molecule has 4 heteroatoms. The minimum atomic E-state index is -3.14. The van der Waals surface area contributed by atoms with Crippen molar-refractivity contribution in [2.45, 2.75) is 64.1 Å². The van der Waals surface area contributed by atoms with Crippen LogP contribution < -0.4 is 0 Å². The van der Waals surface area contributed by atoms with Crippen molar-refractivity contribution in [3.63, 3.8) is 0 Å². The molecule has 0 radical (unpaired) electrons. The molecule has 1 rings (SSSR count). The first-order valence-electron chi connectivity index (χ1n) is 7.72. The first-order chi connectivity index (χ1) is 10.0. The summed E-state index contributed by atoms with van der Waals surface area (Å²) in [5.41, 5.74) is 4.00. The number of halogens is 3. The number of hydrogen-bond donors (Lipinski definition) is 0. The lowest BCUT2D eigenvalue weighted by Gasteiger charge is -2.38. The Kier molecular flexibility index (Phi) is 6.24. The van der Waals surface area contributed by atoms with Gasteiger partial charge in [0.25, 0.3) is 0 Å². The molecule has 122 valence electrons. The van der Waals surface area contributed by atoms with E-state index in [0.29, 0.717) is 21.6 Å². The van der Waals surface area contributed by atoms with Crippen molar-refractivity contribution >= 4 is 19.7 Å². The molecule has 0 aromatic heterocycles. The molecule has 1 aromatic carbocycles. The van der Waals surface area contributed by atoms with E-state index in [1.54, 1.807) is 0 Å². The summed E-state index contributed by atoms with van der Waals surface area (Å²) in [6.45, 7) is 12.7. The van der Waals surface area contributed by atoms with Crippen LogP contribution in [0.25, 0.3) is 0 Å². The number of hydrogen-bond acceptors (Lipinski definition) is 0. The molecule has 0 aliphatic heterocycles. The Morgan fingerprint density at radius 1 is 0.909 bits per heavy atom. The van der Waals surface area contributed by atoms with E-state index in [2.05, 4.69) is 53.0 Å². The highest BCUT2D eigenvalue weighted by atomic mass is 35.5. The van der Waals surface area contributed by atoms with E-state index in [4.69, 9.17) is 11.6 Å². The third kappa shape index (κ3) is 3.91. The van der Waals surface area contributed by atoms with Crippen molar-refractivity contribution in [2.75, 3.05) is 0 Å². The lowest BCUT2D eigenvalue weighted by molar-refractivity contribution is 0.0639. The molecular weight excluding hydrogens is 318 g/mol. The van der Waals surface area contributed by atoms with E-state index >= 15 is 0 Å². The number of rotatable bonds is 4. The topological polar surface area (TPSA) is 0 Å². The predicted molar refractivity (Wildman–Crippen MR) is 94.2 cm³/mol. The van der Waals surface area contributed by atoms with Crippen LogP contribution in [0.15, 0.2) is 24.3 Å². The van der Waals surface area contributed by atoms with Crippen molar-refractivity contribution in [1.82, 2.24) is 0 Å². The van der Waals surface area contributed by atoms with Crippen LogP contribution in [0.1, 0.15) is 47.1 Å². The molecule has 0 aliphatic rings. The third-order valence-corrected chi connectivity index (χ3v) is 11.1. The summed E-state index contributed by atoms with van der Waals surface area (Å²) in [5, 5.41) is 0.447. The number of alkyl halides is 2. The largest absolute Gasteiger partial charge is 0.333 e. The minimum Gasteiger partial charge on any atom is -0.186 e. The second kappa shape index (κ2) is 7.15. The molecule has 22 heavy (non-hydrogen) atoms. The summed E-state index contributed by atoms with van der Waals surface area (Å²) in [4.78, 5) is 0. The SMILES string of the molecule is CC(C)[Si](C#CC(F)(F)c1ccc(Cl)cc1)(C(C)C)C(C)C. The van der Waals surface area contributed by atoms with Gasteiger partial charge in [-0.05, 0) is 34.7 Å². The molecule has 0 saturated heterocycles. The van der Waals surface area contributed by atoms with Crippen LogP contribution in [-0.2, 0) is 5.92 Å². The van der Waals surface area contributed by atoms with E-state index in [0.717, 1.165) is 0 Å². The molecule has 1 aromatic rings. The Hall–Kier alpha value is -0.853. The van der Waals surface area contributed by atoms with E-state index in [1.165, 1.54) is 24.3 Å². The monoisotopic (exact) mass is 342 g/mol. The van der Waals surface area contributed by atoms with Crippen LogP contribution >= 0.6 is 11.6 Å². The summed E-state index contributed by atoms with van der Waals surface area (Å²) in [7, 11) is -2.15. The van der Waals surface area contributed by atoms with E-state index in [-0.39, 0.29) is 5.56 Å². The highest BCUT2D eigenvalue weighted by molar-refractivity contribution is 6.90. The van der Waals surface area contributed by atoms with Crippen molar-refractivity contribution in [3.8, 4) is 11.5 Å². The van der Waals surface area contributed by atoms with Gasteiger partial charge in [0.15, 0.2) is 0 Å². The average Bonchev–Trinajstić information content (AvgIpc) is 2.38. The predicted octanol–water partition coefficient (Wildman–Crippen LogP) is 6.65.